The van der Waals surface area contributed by atoms with Gasteiger partial charge in [-0.15, -0.1) is 11.8 Å². The first-order valence-corrected chi connectivity index (χ1v) is 14.8. The van der Waals surface area contributed by atoms with E-state index in [1.165, 1.54) is 6.92 Å². The largest absolute Gasteiger partial charge is 0.478 e. The van der Waals surface area contributed by atoms with E-state index in [0.29, 0.717) is 18.7 Å². The zero-order valence-electron chi connectivity index (χ0n) is 23.2. The molecule has 0 bridgehead atoms. The molecule has 1 amide bonds. The lowest BCUT2D eigenvalue weighted by Crippen LogP contribution is -2.31. The van der Waals surface area contributed by atoms with Gasteiger partial charge in [-0.2, -0.15) is 0 Å². The summed E-state index contributed by atoms with van der Waals surface area (Å²) in [5.74, 6) is -0.329. The molecular formula is C34H33NO6S. The first kappa shape index (κ1) is 29.5. The summed E-state index contributed by atoms with van der Waals surface area (Å²) in [6.07, 6.45) is -0.211. The Labute approximate surface area is 249 Å². The minimum Gasteiger partial charge on any atom is -0.478 e. The molecule has 5 rings (SSSR count). The first-order valence-electron chi connectivity index (χ1n) is 13.8. The van der Waals surface area contributed by atoms with Crippen molar-refractivity contribution in [2.45, 2.75) is 49.9 Å². The zero-order valence-corrected chi connectivity index (χ0v) is 24.1. The number of aliphatic hydroxyl groups excluding tert-OH is 1. The molecule has 3 N–H and O–H groups in total. The Kier molecular flexibility index (Phi) is 9.71. The Hall–Kier alpha value is -3.95. The van der Waals surface area contributed by atoms with Crippen molar-refractivity contribution in [3.63, 3.8) is 0 Å². The van der Waals surface area contributed by atoms with Crippen LogP contribution in [0, 0.1) is 0 Å². The number of rotatable bonds is 10. The van der Waals surface area contributed by atoms with Crippen LogP contribution in [0.1, 0.15) is 58.4 Å². The van der Waals surface area contributed by atoms with Gasteiger partial charge in [-0.3, -0.25) is 4.79 Å². The predicted octanol–water partition coefficient (Wildman–Crippen LogP) is 6.52. The highest BCUT2D eigenvalue weighted by molar-refractivity contribution is 7.99. The standard InChI is InChI=1S/C34H33NO6S/c1-22(37)35-19-24-3-2-4-29(17-24)25-9-11-28(12-10-25)34-40-30(21-42-31-15-13-27(14-16-31)33(38)39)18-32(41-34)26-7-5-23(20-36)6-8-26/h2-17,30,32,34,36H,18-21H2,1H3,(H,35,37)(H,38,39)/t30-,32+,34+/m1/s1. The maximum absolute atomic E-state index is 11.3. The van der Waals surface area contributed by atoms with Crippen molar-refractivity contribution in [1.82, 2.24) is 5.32 Å². The fourth-order valence-electron chi connectivity index (χ4n) is 4.83. The number of carboxylic acid groups (broad SMARTS) is 1. The molecular weight excluding hydrogens is 550 g/mol. The highest BCUT2D eigenvalue weighted by Gasteiger charge is 2.32. The van der Waals surface area contributed by atoms with E-state index in [2.05, 4.69) is 11.4 Å². The molecule has 1 fully saturated rings. The van der Waals surface area contributed by atoms with Crippen molar-refractivity contribution in [3.05, 3.63) is 125 Å². The number of amides is 1. The second-order valence-corrected chi connectivity index (χ2v) is 11.3. The number of hydrogen-bond donors (Lipinski definition) is 3. The van der Waals surface area contributed by atoms with Gasteiger partial charge in [-0.1, -0.05) is 66.7 Å². The van der Waals surface area contributed by atoms with Gasteiger partial charge in [0, 0.05) is 36.1 Å². The topological polar surface area (TPSA) is 105 Å². The number of carbonyl (C=O) groups is 2. The van der Waals surface area contributed by atoms with E-state index in [9.17, 15) is 19.8 Å². The Morgan fingerprint density at radius 3 is 2.24 bits per heavy atom. The molecule has 4 aromatic carbocycles. The van der Waals surface area contributed by atoms with Crippen LogP contribution in [-0.2, 0) is 27.4 Å². The lowest BCUT2D eigenvalue weighted by Gasteiger charge is -2.36. The van der Waals surface area contributed by atoms with E-state index < -0.39 is 12.3 Å². The van der Waals surface area contributed by atoms with Gasteiger partial charge in [0.25, 0.3) is 0 Å². The van der Waals surface area contributed by atoms with Crippen LogP contribution in [0.15, 0.2) is 102 Å². The van der Waals surface area contributed by atoms with Gasteiger partial charge >= 0.3 is 5.97 Å². The Balaban J connectivity index is 1.33. The highest BCUT2D eigenvalue weighted by atomic mass is 32.2. The number of aliphatic hydroxyl groups is 1. The zero-order chi connectivity index (χ0) is 29.5. The molecule has 0 aromatic heterocycles. The summed E-state index contributed by atoms with van der Waals surface area (Å²) in [6, 6.07) is 30.9. The molecule has 1 aliphatic heterocycles. The third kappa shape index (κ3) is 7.66. The molecule has 1 aliphatic rings. The van der Waals surface area contributed by atoms with Crippen LogP contribution >= 0.6 is 11.8 Å². The number of carboxylic acids is 1. The van der Waals surface area contributed by atoms with Gasteiger partial charge in [0.15, 0.2) is 6.29 Å². The highest BCUT2D eigenvalue weighted by Crippen LogP contribution is 2.40. The van der Waals surface area contributed by atoms with Gasteiger partial charge < -0.3 is 25.0 Å². The maximum atomic E-state index is 11.3. The van der Waals surface area contributed by atoms with E-state index in [-0.39, 0.29) is 30.3 Å². The maximum Gasteiger partial charge on any atom is 0.335 e. The molecule has 3 atom stereocenters. The van der Waals surface area contributed by atoms with Crippen LogP contribution in [0.25, 0.3) is 11.1 Å². The van der Waals surface area contributed by atoms with Crippen molar-refractivity contribution < 1.29 is 29.3 Å². The molecule has 7 nitrogen and oxygen atoms in total. The molecule has 216 valence electrons. The van der Waals surface area contributed by atoms with Crippen molar-refractivity contribution in [2.75, 3.05) is 5.75 Å². The monoisotopic (exact) mass is 583 g/mol. The number of ether oxygens (including phenoxy) is 2. The molecule has 1 heterocycles. The predicted molar refractivity (Wildman–Crippen MR) is 162 cm³/mol. The first-order chi connectivity index (χ1) is 20.4. The smallest absolute Gasteiger partial charge is 0.335 e. The van der Waals surface area contributed by atoms with Crippen LogP contribution < -0.4 is 5.32 Å². The van der Waals surface area contributed by atoms with Gasteiger partial charge in [-0.05, 0) is 58.1 Å². The van der Waals surface area contributed by atoms with Crippen LogP contribution in [0.3, 0.4) is 0 Å². The van der Waals surface area contributed by atoms with E-state index >= 15 is 0 Å². The molecule has 8 heteroatoms. The van der Waals surface area contributed by atoms with Crippen LogP contribution in [0.2, 0.25) is 0 Å². The minimum absolute atomic E-state index is 0.0139. The second kappa shape index (κ2) is 13.8. The van der Waals surface area contributed by atoms with E-state index in [1.54, 1.807) is 23.9 Å². The molecule has 1 saturated heterocycles. The fraction of sp³-hybridized carbons (Fsp3) is 0.235. The van der Waals surface area contributed by atoms with Gasteiger partial charge in [-0.25, -0.2) is 4.79 Å². The van der Waals surface area contributed by atoms with Crippen molar-refractivity contribution in [2.24, 2.45) is 0 Å². The number of nitrogens with one attached hydrogen (secondary N) is 1. The lowest BCUT2D eigenvalue weighted by atomic mass is 9.99. The van der Waals surface area contributed by atoms with Crippen LogP contribution in [0.5, 0.6) is 0 Å². The number of thioether (sulfide) groups is 1. The summed E-state index contributed by atoms with van der Waals surface area (Å²) >= 11 is 1.62. The number of aromatic carboxylic acids is 1. The average molecular weight is 584 g/mol. The van der Waals surface area contributed by atoms with Gasteiger partial charge in [0.2, 0.25) is 5.91 Å². The Morgan fingerprint density at radius 2 is 1.57 bits per heavy atom. The third-order valence-corrected chi connectivity index (χ3v) is 8.28. The summed E-state index contributed by atoms with van der Waals surface area (Å²) in [5, 5.41) is 21.5. The number of benzene rings is 4. The molecule has 0 radical (unpaired) electrons. The van der Waals surface area contributed by atoms with E-state index in [0.717, 1.165) is 38.3 Å². The van der Waals surface area contributed by atoms with Gasteiger partial charge in [0.05, 0.1) is 24.4 Å². The summed E-state index contributed by atoms with van der Waals surface area (Å²) in [6.45, 7) is 1.98. The van der Waals surface area contributed by atoms with Crippen molar-refractivity contribution >= 4 is 23.6 Å². The van der Waals surface area contributed by atoms with E-state index in [1.807, 2.05) is 78.9 Å². The van der Waals surface area contributed by atoms with Crippen LogP contribution in [0.4, 0.5) is 0 Å². The molecule has 4 aromatic rings. The lowest BCUT2D eigenvalue weighted by molar-refractivity contribution is -0.245. The Bertz CT molecular complexity index is 1500. The van der Waals surface area contributed by atoms with Crippen molar-refractivity contribution in [3.8, 4) is 11.1 Å². The van der Waals surface area contributed by atoms with Crippen LogP contribution in [-0.4, -0.2) is 33.9 Å². The molecule has 0 spiro atoms. The molecule has 0 saturated carbocycles. The fourth-order valence-corrected chi connectivity index (χ4v) is 5.75. The Morgan fingerprint density at radius 1 is 0.857 bits per heavy atom. The quantitative estimate of drug-likeness (QED) is 0.183. The van der Waals surface area contributed by atoms with E-state index in [4.69, 9.17) is 9.47 Å². The SMILES string of the molecule is CC(=O)NCc1cccc(-c2ccc([C@H]3O[C@@H](CSc4ccc(C(=O)O)cc4)C[C@@H](c4ccc(CO)cc4)O3)cc2)c1. The number of hydrogen-bond acceptors (Lipinski definition) is 6. The second-order valence-electron chi connectivity index (χ2n) is 10.2. The number of carbonyl (C=O) groups excluding carboxylic acids is 1. The minimum atomic E-state index is -0.944. The van der Waals surface area contributed by atoms with Crippen molar-refractivity contribution in [1.29, 1.82) is 0 Å². The summed E-state index contributed by atoms with van der Waals surface area (Å²) in [5.41, 5.74) is 6.16. The summed E-state index contributed by atoms with van der Waals surface area (Å²) in [4.78, 5) is 23.5. The third-order valence-electron chi connectivity index (χ3n) is 7.14. The molecule has 0 unspecified atom stereocenters. The summed E-state index contributed by atoms with van der Waals surface area (Å²) < 4.78 is 12.9. The average Bonchev–Trinajstić information content (AvgIpc) is 3.03. The summed E-state index contributed by atoms with van der Waals surface area (Å²) in [7, 11) is 0. The van der Waals surface area contributed by atoms with Gasteiger partial charge in [0.1, 0.15) is 0 Å². The molecule has 0 aliphatic carbocycles. The molecule has 42 heavy (non-hydrogen) atoms. The normalized spacial score (nSPS) is 18.4.